The SMILES string of the molecule is CC/C=C\C/C=C\C/C=C\C/C=C\C/C=C\CCCCCC(=O)O[C@H](COC(=O)CCC[C@H](O)[C@@H](O)\C=C/C=C\C=C\C=C\[C@H](O)C/C=C\CC)COP(=O)(O)OCC[N+](C)(C)C. The number of carbonyl (C=O) groups excluding carboxylic acids is 2. The van der Waals surface area contributed by atoms with Crippen molar-refractivity contribution in [2.45, 2.75) is 135 Å². The molecule has 0 heterocycles. The van der Waals surface area contributed by atoms with Gasteiger partial charge in [-0.15, -0.1) is 0 Å². The maximum absolute atomic E-state index is 12.7. The number of phosphoric ester groups is 1. The van der Waals surface area contributed by atoms with Gasteiger partial charge >= 0.3 is 19.8 Å². The van der Waals surface area contributed by atoms with E-state index in [-0.39, 0.29) is 32.3 Å². The minimum absolute atomic E-state index is 0.0389. The van der Waals surface area contributed by atoms with Crippen molar-refractivity contribution < 1.29 is 57.4 Å². The van der Waals surface area contributed by atoms with E-state index in [0.717, 1.165) is 57.8 Å². The molecule has 1 unspecified atom stereocenters. The highest BCUT2D eigenvalue weighted by molar-refractivity contribution is 7.47. The predicted octanol–water partition coefficient (Wildman–Crippen LogP) is 9.82. The number of hydrogen-bond acceptors (Lipinski definition) is 10. The average Bonchev–Trinajstić information content (AvgIpc) is 3.23. The second-order valence-corrected chi connectivity index (χ2v) is 17.3. The summed E-state index contributed by atoms with van der Waals surface area (Å²) < 4.78 is 34.0. The lowest BCUT2D eigenvalue weighted by Gasteiger charge is -2.24. The number of allylic oxidation sites excluding steroid dienone is 17. The molecule has 0 fully saturated rings. The molecule has 13 heteroatoms. The van der Waals surface area contributed by atoms with E-state index in [4.69, 9.17) is 18.5 Å². The molecule has 0 saturated carbocycles. The van der Waals surface area contributed by atoms with Crippen LogP contribution in [-0.2, 0) is 32.7 Å². The molecule has 4 N–H and O–H groups in total. The number of likely N-dealkylation sites (N-methyl/N-ethyl adjacent to an activating group) is 1. The maximum Gasteiger partial charge on any atom is 0.472 e. The first-order chi connectivity index (χ1) is 30.2. The Hall–Kier alpha value is -3.71. The van der Waals surface area contributed by atoms with Crippen LogP contribution >= 0.6 is 7.82 Å². The number of phosphoric acid groups is 1. The lowest BCUT2D eigenvalue weighted by Crippen LogP contribution is -2.37. The van der Waals surface area contributed by atoms with Crippen LogP contribution < -0.4 is 0 Å². The molecule has 0 spiro atoms. The van der Waals surface area contributed by atoms with Crippen molar-refractivity contribution >= 4 is 19.8 Å². The van der Waals surface area contributed by atoms with Crippen molar-refractivity contribution in [2.75, 3.05) is 47.5 Å². The van der Waals surface area contributed by atoms with Gasteiger partial charge < -0.3 is 34.2 Å². The standard InChI is InChI=1S/C50H80NO11P/c1-6-8-10-11-12-13-14-15-16-17-18-19-20-21-22-23-24-29-33-39-50(56)62-46(44-61-63(57,58)60-42-41-51(3,4)5)43-59-49(55)40-34-38-48(54)47(53)37-32-28-26-25-27-31-36-45(52)35-30-9-7-2/h8-10,12-13,15-16,18-19,21-22,25-28,30-32,36-37,45-48,52-54H,6-7,11,14,17,20,23-24,29,33-35,38-44H2,1-5H3/p+1/b10-8-,13-12-,16-15-,19-18-,22-21-,27-25+,28-26-,30-9-,36-31+,37-32-/t45-,46-,47+,48+/m1/s1. The molecule has 12 nitrogen and oxygen atoms in total. The number of aliphatic hydroxyl groups is 3. The van der Waals surface area contributed by atoms with Gasteiger partial charge in [-0.05, 0) is 77.0 Å². The number of unbranched alkanes of at least 4 members (excludes halogenated alkanes) is 3. The molecule has 5 atom stereocenters. The Kier molecular flexibility index (Phi) is 37.5. The van der Waals surface area contributed by atoms with Crippen molar-refractivity contribution in [1.82, 2.24) is 0 Å². The monoisotopic (exact) mass is 903 g/mol. The summed E-state index contributed by atoms with van der Waals surface area (Å²) in [7, 11) is 1.24. The molecule has 0 bridgehead atoms. The van der Waals surface area contributed by atoms with Gasteiger partial charge in [0.1, 0.15) is 19.8 Å². The van der Waals surface area contributed by atoms with Crippen LogP contribution in [0.3, 0.4) is 0 Å². The van der Waals surface area contributed by atoms with Gasteiger partial charge in [0.2, 0.25) is 0 Å². The van der Waals surface area contributed by atoms with E-state index in [1.54, 1.807) is 42.5 Å². The maximum atomic E-state index is 12.7. The Bertz CT molecular complexity index is 1530. The largest absolute Gasteiger partial charge is 0.472 e. The molecule has 0 aliphatic heterocycles. The highest BCUT2D eigenvalue weighted by Gasteiger charge is 2.27. The van der Waals surface area contributed by atoms with Crippen LogP contribution in [0.4, 0.5) is 0 Å². The van der Waals surface area contributed by atoms with Gasteiger partial charge in [0.05, 0.1) is 46.1 Å². The van der Waals surface area contributed by atoms with E-state index < -0.39 is 57.4 Å². The zero-order chi connectivity index (χ0) is 46.9. The zero-order valence-corrected chi connectivity index (χ0v) is 39.7. The number of rotatable bonds is 38. The molecular formula is C50H81NO11P+. The van der Waals surface area contributed by atoms with Crippen LogP contribution in [0.25, 0.3) is 0 Å². The molecule has 0 saturated heterocycles. The lowest BCUT2D eigenvalue weighted by atomic mass is 10.1. The third kappa shape index (κ3) is 42.0. The van der Waals surface area contributed by atoms with Crippen LogP contribution in [0, 0.1) is 0 Å². The normalized spacial score (nSPS) is 16.1. The number of quaternary nitrogens is 1. The number of ether oxygens (including phenoxy) is 2. The highest BCUT2D eigenvalue weighted by atomic mass is 31.2. The topological polar surface area (TPSA) is 169 Å². The van der Waals surface area contributed by atoms with E-state index in [2.05, 4.69) is 67.7 Å². The minimum atomic E-state index is -4.48. The molecule has 0 radical (unpaired) electrons. The molecule has 0 aromatic heterocycles. The van der Waals surface area contributed by atoms with E-state index in [9.17, 15) is 34.4 Å². The van der Waals surface area contributed by atoms with Gasteiger partial charge in [-0.2, -0.15) is 0 Å². The van der Waals surface area contributed by atoms with Gasteiger partial charge in [0, 0.05) is 12.8 Å². The Morgan fingerprint density at radius 3 is 1.76 bits per heavy atom. The van der Waals surface area contributed by atoms with Gasteiger partial charge in [-0.25, -0.2) is 4.57 Å². The fourth-order valence-electron chi connectivity index (χ4n) is 5.20. The Morgan fingerprint density at radius 1 is 0.619 bits per heavy atom. The van der Waals surface area contributed by atoms with Gasteiger partial charge in [0.25, 0.3) is 0 Å². The van der Waals surface area contributed by atoms with E-state index in [0.29, 0.717) is 23.9 Å². The fourth-order valence-corrected chi connectivity index (χ4v) is 5.94. The molecule has 356 valence electrons. The Balaban J connectivity index is 4.75. The Labute approximate surface area is 379 Å². The average molecular weight is 903 g/mol. The Morgan fingerprint density at radius 2 is 1.16 bits per heavy atom. The van der Waals surface area contributed by atoms with Crippen molar-refractivity contribution in [3.8, 4) is 0 Å². The van der Waals surface area contributed by atoms with Crippen molar-refractivity contribution in [2.24, 2.45) is 0 Å². The molecule has 63 heavy (non-hydrogen) atoms. The van der Waals surface area contributed by atoms with Crippen LogP contribution in [0.2, 0.25) is 0 Å². The molecule has 0 aliphatic carbocycles. The van der Waals surface area contributed by atoms with Crippen LogP contribution in [0.5, 0.6) is 0 Å². The summed E-state index contributed by atoms with van der Waals surface area (Å²) in [6.07, 6.45) is 44.8. The summed E-state index contributed by atoms with van der Waals surface area (Å²) in [5, 5.41) is 30.5. The van der Waals surface area contributed by atoms with E-state index in [1.807, 2.05) is 40.2 Å². The summed E-state index contributed by atoms with van der Waals surface area (Å²) in [5.74, 6) is -1.18. The van der Waals surface area contributed by atoms with Crippen LogP contribution in [0.1, 0.15) is 110 Å². The summed E-state index contributed by atoms with van der Waals surface area (Å²) in [6.45, 7) is 3.64. The van der Waals surface area contributed by atoms with E-state index in [1.165, 1.54) is 6.08 Å². The number of nitrogens with zero attached hydrogens (tertiary/aromatic N) is 1. The first-order valence-corrected chi connectivity index (χ1v) is 24.1. The van der Waals surface area contributed by atoms with Gasteiger partial charge in [-0.1, -0.05) is 142 Å². The smallest absolute Gasteiger partial charge is 0.462 e. The third-order valence-electron chi connectivity index (χ3n) is 8.83. The third-order valence-corrected chi connectivity index (χ3v) is 9.81. The van der Waals surface area contributed by atoms with E-state index >= 15 is 0 Å². The number of aliphatic hydroxyl groups excluding tert-OH is 3. The minimum Gasteiger partial charge on any atom is -0.462 e. The first-order valence-electron chi connectivity index (χ1n) is 22.6. The zero-order valence-electron chi connectivity index (χ0n) is 38.8. The summed E-state index contributed by atoms with van der Waals surface area (Å²) in [5.41, 5.74) is 0. The fraction of sp³-hybridized carbons (Fsp3) is 0.560. The molecule has 0 rings (SSSR count). The summed E-state index contributed by atoms with van der Waals surface area (Å²) in [4.78, 5) is 35.5. The van der Waals surface area contributed by atoms with Crippen molar-refractivity contribution in [3.63, 3.8) is 0 Å². The second-order valence-electron chi connectivity index (χ2n) is 15.9. The molecule has 0 aromatic rings. The van der Waals surface area contributed by atoms with Crippen LogP contribution in [-0.4, -0.2) is 109 Å². The van der Waals surface area contributed by atoms with Gasteiger partial charge in [-0.3, -0.25) is 18.6 Å². The second kappa shape index (κ2) is 39.8. The summed E-state index contributed by atoms with van der Waals surface area (Å²) in [6, 6.07) is 0. The quantitative estimate of drug-likeness (QED) is 0.0116. The first kappa shape index (κ1) is 59.3. The highest BCUT2D eigenvalue weighted by Crippen LogP contribution is 2.43. The molecule has 0 aromatic carbocycles. The van der Waals surface area contributed by atoms with Crippen LogP contribution in [0.15, 0.2) is 122 Å². The predicted molar refractivity (Wildman–Crippen MR) is 255 cm³/mol. The van der Waals surface area contributed by atoms with Crippen molar-refractivity contribution in [1.29, 1.82) is 0 Å². The molecule has 0 aliphatic rings. The van der Waals surface area contributed by atoms with Crippen molar-refractivity contribution in [3.05, 3.63) is 122 Å². The number of esters is 2. The van der Waals surface area contributed by atoms with Gasteiger partial charge in [0.15, 0.2) is 6.10 Å². The molecular weight excluding hydrogens is 822 g/mol. The molecule has 0 amide bonds. The lowest BCUT2D eigenvalue weighted by molar-refractivity contribution is -0.870. The number of carbonyl (C=O) groups is 2. The number of hydrogen-bond donors (Lipinski definition) is 4. The summed E-state index contributed by atoms with van der Waals surface area (Å²) >= 11 is 0.